The molecule has 1 saturated heterocycles. The molecule has 0 N–H and O–H groups in total. The van der Waals surface area contributed by atoms with Crippen LogP contribution in [0.5, 0.6) is 5.75 Å². The molecule has 0 spiro atoms. The molecule has 2 aromatic rings. The first-order valence-electron chi connectivity index (χ1n) is 9.10. The van der Waals surface area contributed by atoms with Crippen molar-refractivity contribution in [2.24, 2.45) is 4.99 Å². The molecule has 0 aliphatic carbocycles. The molecule has 2 aliphatic rings. The SMILES string of the molecule is O=C1N=C(N2CCOCC2)SC1=Cc1cc(Br)ccc1OCc1ccc(Cl)cc1. The highest BCUT2D eigenvalue weighted by Crippen LogP contribution is 2.34. The Hall–Kier alpha value is -1.80. The largest absolute Gasteiger partial charge is 0.488 e. The quantitative estimate of drug-likeness (QED) is 0.562. The summed E-state index contributed by atoms with van der Waals surface area (Å²) in [5.74, 6) is 0.476. The fourth-order valence-electron chi connectivity index (χ4n) is 2.93. The first-order chi connectivity index (χ1) is 14.1. The summed E-state index contributed by atoms with van der Waals surface area (Å²) in [6.45, 7) is 3.21. The summed E-state index contributed by atoms with van der Waals surface area (Å²) in [6, 6.07) is 13.3. The zero-order valence-electron chi connectivity index (χ0n) is 15.4. The van der Waals surface area contributed by atoms with Gasteiger partial charge in [-0.15, -0.1) is 0 Å². The Morgan fingerprint density at radius 1 is 1.21 bits per heavy atom. The molecule has 2 heterocycles. The third kappa shape index (κ3) is 5.22. The molecule has 0 bridgehead atoms. The van der Waals surface area contributed by atoms with Crippen molar-refractivity contribution in [2.75, 3.05) is 26.3 Å². The monoisotopic (exact) mass is 492 g/mol. The second kappa shape index (κ2) is 9.34. The van der Waals surface area contributed by atoms with Crippen molar-refractivity contribution < 1.29 is 14.3 Å². The molecular formula is C21H18BrClN2O3S. The van der Waals surface area contributed by atoms with E-state index in [9.17, 15) is 4.79 Å². The van der Waals surface area contributed by atoms with E-state index in [0.29, 0.717) is 35.5 Å². The number of carbonyl (C=O) groups is 1. The topological polar surface area (TPSA) is 51.1 Å². The lowest BCUT2D eigenvalue weighted by molar-refractivity contribution is -0.113. The van der Waals surface area contributed by atoms with Crippen LogP contribution in [-0.4, -0.2) is 42.3 Å². The van der Waals surface area contributed by atoms with E-state index in [1.807, 2.05) is 48.5 Å². The third-order valence-corrected chi connectivity index (χ3v) is 6.25. The van der Waals surface area contributed by atoms with E-state index >= 15 is 0 Å². The summed E-state index contributed by atoms with van der Waals surface area (Å²) in [7, 11) is 0. The van der Waals surface area contributed by atoms with Gasteiger partial charge in [0.1, 0.15) is 12.4 Å². The number of amidine groups is 1. The highest BCUT2D eigenvalue weighted by Gasteiger charge is 2.27. The van der Waals surface area contributed by atoms with E-state index < -0.39 is 0 Å². The van der Waals surface area contributed by atoms with Gasteiger partial charge in [0.15, 0.2) is 5.17 Å². The van der Waals surface area contributed by atoms with Gasteiger partial charge in [-0.1, -0.05) is 39.7 Å². The molecule has 2 aromatic carbocycles. The number of benzene rings is 2. The molecule has 1 amide bonds. The average molecular weight is 494 g/mol. The van der Waals surface area contributed by atoms with Crippen LogP contribution >= 0.6 is 39.3 Å². The molecule has 29 heavy (non-hydrogen) atoms. The van der Waals surface area contributed by atoms with Crippen LogP contribution in [0.15, 0.2) is 56.8 Å². The molecule has 8 heteroatoms. The van der Waals surface area contributed by atoms with E-state index in [0.717, 1.165) is 33.9 Å². The number of hydrogen-bond acceptors (Lipinski definition) is 5. The summed E-state index contributed by atoms with van der Waals surface area (Å²) >= 11 is 10.8. The van der Waals surface area contributed by atoms with Gasteiger partial charge in [-0.2, -0.15) is 4.99 Å². The van der Waals surface area contributed by atoms with Crippen LogP contribution < -0.4 is 4.74 Å². The molecule has 0 saturated carbocycles. The van der Waals surface area contributed by atoms with Crippen LogP contribution in [0.4, 0.5) is 0 Å². The fraction of sp³-hybridized carbons (Fsp3) is 0.238. The number of thioether (sulfide) groups is 1. The molecule has 0 unspecified atom stereocenters. The lowest BCUT2D eigenvalue weighted by Gasteiger charge is -2.27. The highest BCUT2D eigenvalue weighted by atomic mass is 79.9. The van der Waals surface area contributed by atoms with Crippen LogP contribution in [-0.2, 0) is 16.1 Å². The van der Waals surface area contributed by atoms with Crippen molar-refractivity contribution >= 4 is 56.4 Å². The van der Waals surface area contributed by atoms with Gasteiger partial charge in [-0.3, -0.25) is 4.79 Å². The standard InChI is InChI=1S/C21H18BrClN2O3S/c22-16-3-6-18(28-13-14-1-4-17(23)5-2-14)15(11-16)12-19-20(26)24-21(29-19)25-7-9-27-10-8-25/h1-6,11-12H,7-10,13H2. The average Bonchev–Trinajstić information content (AvgIpc) is 3.10. The molecule has 2 aliphatic heterocycles. The lowest BCUT2D eigenvalue weighted by atomic mass is 10.2. The van der Waals surface area contributed by atoms with Crippen LogP contribution in [0.1, 0.15) is 11.1 Å². The summed E-state index contributed by atoms with van der Waals surface area (Å²) in [5.41, 5.74) is 1.84. The van der Waals surface area contributed by atoms with Crippen molar-refractivity contribution in [3.63, 3.8) is 0 Å². The minimum Gasteiger partial charge on any atom is -0.488 e. The minimum absolute atomic E-state index is 0.222. The maximum absolute atomic E-state index is 12.4. The van der Waals surface area contributed by atoms with E-state index in [4.69, 9.17) is 21.1 Å². The van der Waals surface area contributed by atoms with Crippen molar-refractivity contribution in [1.29, 1.82) is 0 Å². The molecule has 0 aromatic heterocycles. The van der Waals surface area contributed by atoms with Crippen molar-refractivity contribution in [1.82, 2.24) is 4.90 Å². The van der Waals surface area contributed by atoms with Crippen LogP contribution in [0.3, 0.4) is 0 Å². The first kappa shape index (κ1) is 20.5. The Balaban J connectivity index is 1.51. The van der Waals surface area contributed by atoms with E-state index in [2.05, 4.69) is 25.8 Å². The Labute approximate surface area is 186 Å². The van der Waals surface area contributed by atoms with Crippen LogP contribution in [0.25, 0.3) is 6.08 Å². The molecule has 4 rings (SSSR count). The molecule has 1 fully saturated rings. The Kier molecular flexibility index (Phi) is 6.60. The molecule has 0 radical (unpaired) electrons. The van der Waals surface area contributed by atoms with Crippen molar-refractivity contribution in [2.45, 2.75) is 6.61 Å². The maximum Gasteiger partial charge on any atom is 0.286 e. The maximum atomic E-state index is 12.4. The van der Waals surface area contributed by atoms with Crippen molar-refractivity contribution in [3.8, 4) is 5.75 Å². The van der Waals surface area contributed by atoms with Gasteiger partial charge in [0.05, 0.1) is 18.1 Å². The van der Waals surface area contributed by atoms with Crippen molar-refractivity contribution in [3.05, 3.63) is 68.0 Å². The third-order valence-electron chi connectivity index (χ3n) is 4.46. The van der Waals surface area contributed by atoms with Gasteiger partial charge in [-0.25, -0.2) is 0 Å². The van der Waals surface area contributed by atoms with Gasteiger partial charge in [0.2, 0.25) is 0 Å². The number of nitrogens with zero attached hydrogens (tertiary/aromatic N) is 2. The normalized spacial score (nSPS) is 18.3. The van der Waals surface area contributed by atoms with Crippen LogP contribution in [0, 0.1) is 0 Å². The lowest BCUT2D eigenvalue weighted by Crippen LogP contribution is -2.38. The Morgan fingerprint density at radius 2 is 1.97 bits per heavy atom. The molecule has 5 nitrogen and oxygen atoms in total. The Morgan fingerprint density at radius 3 is 2.72 bits per heavy atom. The summed E-state index contributed by atoms with van der Waals surface area (Å²) < 4.78 is 12.3. The summed E-state index contributed by atoms with van der Waals surface area (Å²) in [4.78, 5) is 19.3. The number of hydrogen-bond donors (Lipinski definition) is 0. The molecule has 150 valence electrons. The van der Waals surface area contributed by atoms with Gasteiger partial charge >= 0.3 is 0 Å². The second-order valence-electron chi connectivity index (χ2n) is 6.51. The number of rotatable bonds is 4. The minimum atomic E-state index is -0.222. The second-order valence-corrected chi connectivity index (χ2v) is 8.87. The van der Waals surface area contributed by atoms with Gasteiger partial charge in [0.25, 0.3) is 5.91 Å². The van der Waals surface area contributed by atoms with E-state index in [1.165, 1.54) is 11.8 Å². The van der Waals surface area contributed by atoms with E-state index in [1.54, 1.807) is 0 Å². The van der Waals surface area contributed by atoms with Gasteiger partial charge in [-0.05, 0) is 53.7 Å². The molecular weight excluding hydrogens is 476 g/mol. The predicted octanol–water partition coefficient (Wildman–Crippen LogP) is 4.98. The molecule has 0 atom stereocenters. The number of morpholine rings is 1. The van der Waals surface area contributed by atoms with Crippen LogP contribution in [0.2, 0.25) is 5.02 Å². The summed E-state index contributed by atoms with van der Waals surface area (Å²) in [6.07, 6.45) is 1.84. The number of aliphatic imine (C=N–C) groups is 1. The smallest absolute Gasteiger partial charge is 0.286 e. The Bertz CT molecular complexity index is 972. The van der Waals surface area contributed by atoms with Gasteiger partial charge < -0.3 is 14.4 Å². The predicted molar refractivity (Wildman–Crippen MR) is 120 cm³/mol. The number of amides is 1. The van der Waals surface area contributed by atoms with Gasteiger partial charge in [0, 0.05) is 28.1 Å². The first-order valence-corrected chi connectivity index (χ1v) is 11.1. The highest BCUT2D eigenvalue weighted by molar-refractivity contribution is 9.10. The zero-order chi connectivity index (χ0) is 20.2. The number of carbonyl (C=O) groups excluding carboxylic acids is 1. The number of halogens is 2. The summed E-state index contributed by atoms with van der Waals surface area (Å²) in [5, 5.41) is 1.43. The fourth-order valence-corrected chi connectivity index (χ4v) is 4.39. The zero-order valence-corrected chi connectivity index (χ0v) is 18.6. The van der Waals surface area contributed by atoms with E-state index in [-0.39, 0.29) is 5.91 Å². The number of ether oxygens (including phenoxy) is 2.